The number of ether oxygens (including phenoxy) is 6. The Kier molecular flexibility index (Phi) is 10.7. The number of hydrogen-bond acceptors (Lipinski definition) is 12. The maximum atomic E-state index is 13.6. The molecule has 41 heavy (non-hydrogen) atoms. The smallest absolute Gasteiger partial charge is 0.303 e. The Morgan fingerprint density at radius 2 is 1.34 bits per heavy atom. The number of ketones is 2. The number of Topliss-reactive ketones (excluding diaryl/α,β-unsaturated/α-hetero) is 2. The van der Waals surface area contributed by atoms with E-state index in [2.05, 4.69) is 0 Å². The summed E-state index contributed by atoms with van der Waals surface area (Å²) < 4.78 is 32.8. The molecular weight excluding hydrogens is 587 g/mol. The van der Waals surface area contributed by atoms with Crippen LogP contribution in [0.15, 0.2) is 46.2 Å². The van der Waals surface area contributed by atoms with E-state index in [4.69, 9.17) is 51.6 Å². The van der Waals surface area contributed by atoms with Gasteiger partial charge in [0, 0.05) is 45.2 Å². The first-order valence-corrected chi connectivity index (χ1v) is 13.0. The predicted octanol–water partition coefficient (Wildman–Crippen LogP) is 3.13. The zero-order valence-corrected chi connectivity index (χ0v) is 23.9. The summed E-state index contributed by atoms with van der Waals surface area (Å²) in [7, 11) is 0. The summed E-state index contributed by atoms with van der Waals surface area (Å²) in [5.41, 5.74) is 0.00341. The van der Waals surface area contributed by atoms with Crippen LogP contribution in [0.4, 0.5) is 0 Å². The molecule has 220 valence electrons. The molecule has 1 saturated heterocycles. The minimum Gasteiger partial charge on any atom is -0.463 e. The lowest BCUT2D eigenvalue weighted by atomic mass is 9.86. The molecule has 0 spiro atoms. The van der Waals surface area contributed by atoms with E-state index in [0.29, 0.717) is 0 Å². The van der Waals surface area contributed by atoms with Crippen molar-refractivity contribution >= 4 is 58.6 Å². The van der Waals surface area contributed by atoms with Crippen molar-refractivity contribution in [2.75, 3.05) is 6.61 Å². The molecule has 0 amide bonds. The van der Waals surface area contributed by atoms with Gasteiger partial charge in [-0.15, -0.1) is 0 Å². The van der Waals surface area contributed by atoms with Gasteiger partial charge in [0.15, 0.2) is 23.8 Å². The van der Waals surface area contributed by atoms with Gasteiger partial charge in [0.25, 0.3) is 0 Å². The molecule has 12 nitrogen and oxygen atoms in total. The van der Waals surface area contributed by atoms with Crippen LogP contribution in [0.2, 0.25) is 0 Å². The molecule has 0 bridgehead atoms. The van der Waals surface area contributed by atoms with Crippen LogP contribution >= 0.6 is 23.2 Å². The molecule has 1 aliphatic carbocycles. The van der Waals surface area contributed by atoms with Crippen LogP contribution < -0.4 is 0 Å². The Balaban J connectivity index is 2.15. The number of carbonyl (C=O) groups is 6. The first-order valence-electron chi connectivity index (χ1n) is 12.2. The predicted molar refractivity (Wildman–Crippen MR) is 140 cm³/mol. The van der Waals surface area contributed by atoms with E-state index >= 15 is 0 Å². The molecule has 1 fully saturated rings. The molecule has 0 radical (unpaired) electrons. The minimum absolute atomic E-state index is 0.0304. The average molecular weight is 613 g/mol. The fourth-order valence-corrected chi connectivity index (χ4v) is 4.45. The Hall–Kier alpha value is -3.74. The van der Waals surface area contributed by atoms with Crippen molar-refractivity contribution in [3.8, 4) is 0 Å². The number of hydrogen-bond donors (Lipinski definition) is 0. The summed E-state index contributed by atoms with van der Waals surface area (Å²) in [5.74, 6) is -4.99. The van der Waals surface area contributed by atoms with E-state index in [1.54, 1.807) is 12.1 Å². The molecule has 5 atom stereocenters. The second-order valence-corrected chi connectivity index (χ2v) is 9.90. The lowest BCUT2D eigenvalue weighted by Crippen LogP contribution is -2.63. The number of carbonyl (C=O) groups excluding carboxylic acids is 6. The normalized spacial score (nSPS) is 23.6. The zero-order valence-electron chi connectivity index (χ0n) is 22.3. The molecule has 0 saturated carbocycles. The molecule has 0 unspecified atom stereocenters. The summed E-state index contributed by atoms with van der Waals surface area (Å²) in [6, 6.07) is 6.02. The molecule has 3 rings (SSSR count). The molecule has 1 heterocycles. The van der Waals surface area contributed by atoms with Gasteiger partial charge < -0.3 is 28.4 Å². The summed E-state index contributed by atoms with van der Waals surface area (Å²) in [6.45, 7) is 3.80. The second kappa shape index (κ2) is 13.7. The van der Waals surface area contributed by atoms with Gasteiger partial charge in [-0.05, 0) is 6.08 Å². The van der Waals surface area contributed by atoms with Crippen LogP contribution in [-0.2, 0) is 47.6 Å². The van der Waals surface area contributed by atoms with Gasteiger partial charge in [-0.3, -0.25) is 28.8 Å². The molecule has 1 aromatic carbocycles. The first kappa shape index (κ1) is 31.8. The van der Waals surface area contributed by atoms with Crippen molar-refractivity contribution in [2.45, 2.75) is 64.8 Å². The van der Waals surface area contributed by atoms with Crippen LogP contribution in [0, 0.1) is 0 Å². The van der Waals surface area contributed by atoms with Gasteiger partial charge in [0.1, 0.15) is 17.2 Å². The monoisotopic (exact) mass is 612 g/mol. The Labute approximate surface area is 244 Å². The zero-order chi connectivity index (χ0) is 30.4. The van der Waals surface area contributed by atoms with Crippen LogP contribution in [0.5, 0.6) is 0 Å². The van der Waals surface area contributed by atoms with Gasteiger partial charge >= 0.3 is 23.9 Å². The topological polar surface area (TPSA) is 158 Å². The second-order valence-electron chi connectivity index (χ2n) is 8.89. The van der Waals surface area contributed by atoms with E-state index in [1.807, 2.05) is 0 Å². The molecule has 14 heteroatoms. The molecule has 0 N–H and O–H groups in total. The summed E-state index contributed by atoms with van der Waals surface area (Å²) in [6.07, 6.45) is -6.59. The first-order chi connectivity index (χ1) is 19.3. The minimum atomic E-state index is -1.72. The summed E-state index contributed by atoms with van der Waals surface area (Å²) in [4.78, 5) is 74.6. The third kappa shape index (κ3) is 7.93. The van der Waals surface area contributed by atoms with Crippen molar-refractivity contribution in [1.82, 2.24) is 0 Å². The molecule has 2 aliphatic rings. The quantitative estimate of drug-likeness (QED) is 0.297. The molecular formula is C27H26Cl2O12. The number of rotatable bonds is 9. The van der Waals surface area contributed by atoms with E-state index in [9.17, 15) is 28.8 Å². The number of fused-ring (bicyclic) bond motifs is 1. The summed E-state index contributed by atoms with van der Waals surface area (Å²) in [5, 5.41) is 0. The van der Waals surface area contributed by atoms with Gasteiger partial charge in [-0.25, -0.2) is 0 Å². The van der Waals surface area contributed by atoms with Crippen molar-refractivity contribution < 1.29 is 57.2 Å². The highest BCUT2D eigenvalue weighted by molar-refractivity contribution is 6.55. The maximum absolute atomic E-state index is 13.6. The van der Waals surface area contributed by atoms with Crippen molar-refractivity contribution in [3.63, 3.8) is 0 Å². The third-order valence-corrected chi connectivity index (χ3v) is 6.12. The van der Waals surface area contributed by atoms with E-state index in [-0.39, 0.29) is 27.6 Å². The van der Waals surface area contributed by atoms with E-state index < -0.39 is 78.5 Å². The number of allylic oxidation sites excluding steroid dienone is 3. The average Bonchev–Trinajstić information content (AvgIpc) is 2.88. The number of benzene rings is 1. The highest BCUT2D eigenvalue weighted by Gasteiger charge is 2.54. The van der Waals surface area contributed by atoms with Gasteiger partial charge in [0.2, 0.25) is 18.2 Å². The maximum Gasteiger partial charge on any atom is 0.303 e. The standard InChI is InChI=1S/C27H26Cl2O12/c1-12(30)36-11-19-24(37-13(2)31)25(38-14(3)32)26(39-15(4)33)27(40-19)41-23-18(9-10-20(28)29)21(34)16-7-5-6-8-17(16)22(23)35/h5-8,10,19,24-27H,9,11H2,1-4H3/t19-,24-,25+,26+,27+/m1/s1. The van der Waals surface area contributed by atoms with Crippen LogP contribution in [0.25, 0.3) is 0 Å². The number of esters is 4. The van der Waals surface area contributed by atoms with Gasteiger partial charge in [-0.1, -0.05) is 47.5 Å². The highest BCUT2D eigenvalue weighted by atomic mass is 35.5. The molecule has 0 aromatic heterocycles. The molecule has 1 aromatic rings. The fraction of sp³-hybridized carbons (Fsp3) is 0.407. The van der Waals surface area contributed by atoms with E-state index in [1.165, 1.54) is 18.2 Å². The van der Waals surface area contributed by atoms with Crippen molar-refractivity contribution in [3.05, 3.63) is 57.3 Å². The molecule has 1 aliphatic heterocycles. The van der Waals surface area contributed by atoms with Crippen LogP contribution in [-0.4, -0.2) is 72.8 Å². The Bertz CT molecular complexity index is 1310. The summed E-state index contributed by atoms with van der Waals surface area (Å²) >= 11 is 11.5. The van der Waals surface area contributed by atoms with Gasteiger partial charge in [0.05, 0.1) is 5.57 Å². The van der Waals surface area contributed by atoms with Crippen LogP contribution in [0.1, 0.15) is 54.8 Å². The van der Waals surface area contributed by atoms with E-state index in [0.717, 1.165) is 27.7 Å². The third-order valence-electron chi connectivity index (χ3n) is 5.81. The lowest BCUT2D eigenvalue weighted by Gasteiger charge is -2.44. The van der Waals surface area contributed by atoms with Gasteiger partial charge in [-0.2, -0.15) is 0 Å². The fourth-order valence-electron chi connectivity index (χ4n) is 4.29. The Morgan fingerprint density at radius 1 is 0.805 bits per heavy atom. The van der Waals surface area contributed by atoms with Crippen molar-refractivity contribution in [1.29, 1.82) is 0 Å². The SMILES string of the molecule is CC(=O)OC[C@H]1O[C@@H](OC2=C(CC=C(Cl)Cl)C(=O)c3ccccc3C2=O)[C@@H](OC(C)=O)[C@@H](OC(C)=O)[C@@H]1OC(C)=O. The van der Waals surface area contributed by atoms with Crippen molar-refractivity contribution in [2.24, 2.45) is 0 Å². The number of halogens is 2. The largest absolute Gasteiger partial charge is 0.463 e. The van der Waals surface area contributed by atoms with Crippen LogP contribution in [0.3, 0.4) is 0 Å². The lowest BCUT2D eigenvalue weighted by molar-refractivity contribution is -0.299. The highest BCUT2D eigenvalue weighted by Crippen LogP contribution is 2.35. The Morgan fingerprint density at radius 3 is 1.88 bits per heavy atom.